The molecule has 0 aliphatic carbocycles. The topological polar surface area (TPSA) is 90.7 Å². The number of halogens is 1. The molecule has 2 heterocycles. The Morgan fingerprint density at radius 2 is 1.94 bits per heavy atom. The van der Waals surface area contributed by atoms with Crippen molar-refractivity contribution in [3.8, 4) is 0 Å². The van der Waals surface area contributed by atoms with Gasteiger partial charge in [0.1, 0.15) is 18.2 Å². The van der Waals surface area contributed by atoms with Crippen LogP contribution in [-0.4, -0.2) is 54.5 Å². The van der Waals surface area contributed by atoms with Crippen LogP contribution in [0.15, 0.2) is 47.4 Å². The van der Waals surface area contributed by atoms with E-state index in [-0.39, 0.29) is 23.5 Å². The first-order valence-corrected chi connectivity index (χ1v) is 12.3. The summed E-state index contributed by atoms with van der Waals surface area (Å²) in [5.41, 5.74) is 1.54. The fraction of sp³-hybridized carbons (Fsp3) is 0.391. The van der Waals surface area contributed by atoms with Crippen molar-refractivity contribution in [2.75, 3.05) is 26.3 Å². The van der Waals surface area contributed by atoms with Gasteiger partial charge in [-0.25, -0.2) is 17.8 Å². The van der Waals surface area contributed by atoms with Gasteiger partial charge < -0.3 is 14.0 Å². The van der Waals surface area contributed by atoms with Gasteiger partial charge in [-0.05, 0) is 36.2 Å². The number of hydrogen-bond acceptors (Lipinski definition) is 6. The zero-order valence-corrected chi connectivity index (χ0v) is 19.2. The third kappa shape index (κ3) is 5.07. The molecule has 0 saturated carbocycles. The maximum absolute atomic E-state index is 13.8. The molecule has 33 heavy (non-hydrogen) atoms. The molecule has 0 N–H and O–H groups in total. The number of benzene rings is 2. The van der Waals surface area contributed by atoms with Gasteiger partial charge in [0.15, 0.2) is 0 Å². The molecule has 0 spiro atoms. The van der Waals surface area contributed by atoms with Crippen LogP contribution in [0.4, 0.5) is 4.39 Å². The normalized spacial score (nSPS) is 15.1. The van der Waals surface area contributed by atoms with Gasteiger partial charge in [0.05, 0.1) is 35.6 Å². The van der Waals surface area contributed by atoms with Crippen molar-refractivity contribution < 1.29 is 27.1 Å². The number of sulfonamides is 1. The van der Waals surface area contributed by atoms with Gasteiger partial charge in [-0.2, -0.15) is 4.31 Å². The first-order chi connectivity index (χ1) is 15.9. The predicted molar refractivity (Wildman–Crippen MR) is 120 cm³/mol. The number of hydrogen-bond donors (Lipinski definition) is 0. The average molecular weight is 476 g/mol. The second kappa shape index (κ2) is 9.98. The number of rotatable bonds is 8. The van der Waals surface area contributed by atoms with Crippen LogP contribution in [0.2, 0.25) is 0 Å². The molecule has 0 atom stereocenters. The van der Waals surface area contributed by atoms with E-state index in [0.29, 0.717) is 44.2 Å². The van der Waals surface area contributed by atoms with Crippen LogP contribution in [0.1, 0.15) is 24.7 Å². The van der Waals surface area contributed by atoms with Gasteiger partial charge in [0.2, 0.25) is 10.0 Å². The van der Waals surface area contributed by atoms with Crippen LogP contribution >= 0.6 is 0 Å². The van der Waals surface area contributed by atoms with Gasteiger partial charge in [0.25, 0.3) is 0 Å². The minimum absolute atomic E-state index is 0.0898. The minimum Gasteiger partial charge on any atom is -0.457 e. The molecular formula is C23H26FN3O5S. The van der Waals surface area contributed by atoms with E-state index in [1.54, 1.807) is 36.4 Å². The molecule has 1 aliphatic rings. The maximum atomic E-state index is 13.8. The first kappa shape index (κ1) is 23.3. The van der Waals surface area contributed by atoms with E-state index in [1.165, 1.54) is 10.4 Å². The molecule has 1 aromatic heterocycles. The monoisotopic (exact) mass is 475 g/mol. The van der Waals surface area contributed by atoms with Crippen molar-refractivity contribution in [3.63, 3.8) is 0 Å². The van der Waals surface area contributed by atoms with Crippen molar-refractivity contribution in [1.82, 2.24) is 13.9 Å². The molecule has 1 aliphatic heterocycles. The summed E-state index contributed by atoms with van der Waals surface area (Å²) < 4.78 is 53.7. The van der Waals surface area contributed by atoms with Crippen LogP contribution in [0.3, 0.4) is 0 Å². The molecule has 2 aromatic carbocycles. The van der Waals surface area contributed by atoms with E-state index < -0.39 is 21.8 Å². The summed E-state index contributed by atoms with van der Waals surface area (Å²) in [6.07, 6.45) is 0.637. The summed E-state index contributed by atoms with van der Waals surface area (Å²) in [5, 5.41) is 0. The second-order valence-corrected chi connectivity index (χ2v) is 9.71. The van der Waals surface area contributed by atoms with E-state index in [2.05, 4.69) is 4.98 Å². The van der Waals surface area contributed by atoms with Crippen molar-refractivity contribution in [1.29, 1.82) is 0 Å². The highest BCUT2D eigenvalue weighted by Crippen LogP contribution is 2.24. The lowest BCUT2D eigenvalue weighted by atomic mass is 10.1. The number of carbonyl (C=O) groups is 1. The summed E-state index contributed by atoms with van der Waals surface area (Å²) in [5.74, 6) is -0.512. The van der Waals surface area contributed by atoms with Crippen molar-refractivity contribution in [2.24, 2.45) is 0 Å². The fourth-order valence-electron chi connectivity index (χ4n) is 3.83. The fourth-order valence-corrected chi connectivity index (χ4v) is 5.26. The largest absolute Gasteiger partial charge is 0.457 e. The maximum Gasteiger partial charge on any atom is 0.310 e. The van der Waals surface area contributed by atoms with Crippen LogP contribution in [0.25, 0.3) is 11.0 Å². The van der Waals surface area contributed by atoms with Crippen molar-refractivity contribution in [3.05, 3.63) is 59.7 Å². The zero-order valence-electron chi connectivity index (χ0n) is 18.4. The molecule has 1 saturated heterocycles. The van der Waals surface area contributed by atoms with Gasteiger partial charge >= 0.3 is 5.97 Å². The molecule has 1 fully saturated rings. The van der Waals surface area contributed by atoms with Gasteiger partial charge in [-0.1, -0.05) is 25.1 Å². The van der Waals surface area contributed by atoms with E-state index >= 15 is 0 Å². The zero-order chi connectivity index (χ0) is 23.4. The number of fused-ring (bicyclic) bond motifs is 1. The predicted octanol–water partition coefficient (Wildman–Crippen LogP) is 2.89. The summed E-state index contributed by atoms with van der Waals surface area (Å²) in [7, 11) is -3.65. The lowest BCUT2D eigenvalue weighted by Gasteiger charge is -2.26. The van der Waals surface area contributed by atoms with Gasteiger partial charge in [-0.3, -0.25) is 4.79 Å². The second-order valence-electron chi connectivity index (χ2n) is 7.78. The number of aromatic nitrogens is 2. The molecule has 4 rings (SSSR count). The molecule has 176 valence electrons. The Balaban J connectivity index is 1.55. The molecule has 0 bridgehead atoms. The Labute approximate surface area is 192 Å². The highest BCUT2D eigenvalue weighted by Gasteiger charge is 2.27. The van der Waals surface area contributed by atoms with E-state index in [9.17, 15) is 17.6 Å². The number of esters is 1. The first-order valence-electron chi connectivity index (χ1n) is 10.9. The Bertz CT molecular complexity index is 1250. The molecular weight excluding hydrogens is 449 g/mol. The van der Waals surface area contributed by atoms with E-state index in [4.69, 9.17) is 9.47 Å². The van der Waals surface area contributed by atoms with Crippen LogP contribution in [0.5, 0.6) is 0 Å². The molecule has 8 nitrogen and oxygen atoms in total. The molecule has 0 unspecified atom stereocenters. The Kier molecular flexibility index (Phi) is 7.06. The standard InChI is InChI=1S/C23H26FN3O5S/c1-2-9-27-21-8-7-18(33(29,30)26-10-12-31-13-11-26)15-20(21)25-22(27)16-32-23(28)14-17-5-3-4-6-19(17)24/h3-8,15H,2,9-14,16H2,1H3. The number of imidazole rings is 1. The van der Waals surface area contributed by atoms with E-state index in [1.807, 2.05) is 11.5 Å². The Hall–Kier alpha value is -2.82. The number of aryl methyl sites for hydroxylation is 1. The summed E-state index contributed by atoms with van der Waals surface area (Å²) in [6.45, 7) is 3.92. The number of ether oxygens (including phenoxy) is 2. The van der Waals surface area contributed by atoms with E-state index in [0.717, 1.165) is 11.9 Å². The van der Waals surface area contributed by atoms with Crippen LogP contribution in [-0.2, 0) is 43.9 Å². The molecule has 0 amide bonds. The van der Waals surface area contributed by atoms with Crippen molar-refractivity contribution in [2.45, 2.75) is 37.8 Å². The molecule has 0 radical (unpaired) electrons. The molecule has 10 heteroatoms. The van der Waals surface area contributed by atoms with Gasteiger partial charge in [-0.15, -0.1) is 0 Å². The number of nitrogens with zero attached hydrogens (tertiary/aromatic N) is 3. The van der Waals surface area contributed by atoms with Crippen LogP contribution in [0, 0.1) is 5.82 Å². The highest BCUT2D eigenvalue weighted by atomic mass is 32.2. The quantitative estimate of drug-likeness (QED) is 0.466. The van der Waals surface area contributed by atoms with Gasteiger partial charge in [0, 0.05) is 19.6 Å². The number of morpholine rings is 1. The highest BCUT2D eigenvalue weighted by molar-refractivity contribution is 7.89. The Morgan fingerprint density at radius 1 is 1.18 bits per heavy atom. The lowest BCUT2D eigenvalue weighted by molar-refractivity contribution is -0.144. The number of carbonyl (C=O) groups excluding carboxylic acids is 1. The third-order valence-electron chi connectivity index (χ3n) is 5.51. The Morgan fingerprint density at radius 3 is 2.67 bits per heavy atom. The summed E-state index contributed by atoms with van der Waals surface area (Å²) in [6, 6.07) is 10.9. The average Bonchev–Trinajstić information content (AvgIpc) is 3.17. The third-order valence-corrected chi connectivity index (χ3v) is 7.40. The summed E-state index contributed by atoms with van der Waals surface area (Å²) >= 11 is 0. The minimum atomic E-state index is -3.65. The van der Waals surface area contributed by atoms with Crippen LogP contribution < -0.4 is 0 Å². The summed E-state index contributed by atoms with van der Waals surface area (Å²) in [4.78, 5) is 17.0. The van der Waals surface area contributed by atoms with Crippen molar-refractivity contribution >= 4 is 27.0 Å². The lowest BCUT2D eigenvalue weighted by Crippen LogP contribution is -2.40. The SMILES string of the molecule is CCCn1c(COC(=O)Cc2ccccc2F)nc2cc(S(=O)(=O)N3CCOCC3)ccc21. The smallest absolute Gasteiger partial charge is 0.310 e. The molecule has 3 aromatic rings.